The lowest BCUT2D eigenvalue weighted by atomic mass is 9.87. The third kappa shape index (κ3) is 3.75. The van der Waals surface area contributed by atoms with Crippen molar-refractivity contribution in [2.24, 2.45) is 20.0 Å². The van der Waals surface area contributed by atoms with Gasteiger partial charge < -0.3 is 5.11 Å². The molecule has 2 heterocycles. The molecule has 1 aromatic heterocycles. The Morgan fingerprint density at radius 1 is 1.08 bits per heavy atom. The van der Waals surface area contributed by atoms with Crippen LogP contribution in [0.4, 0.5) is 0 Å². The highest BCUT2D eigenvalue weighted by Crippen LogP contribution is 2.30. The van der Waals surface area contributed by atoms with E-state index in [1.165, 1.54) is 17.7 Å². The maximum atomic E-state index is 12.0. The molecule has 0 amide bonds. The fourth-order valence-corrected chi connectivity index (χ4v) is 3.51. The van der Waals surface area contributed by atoms with Crippen molar-refractivity contribution in [2.75, 3.05) is 13.1 Å². The van der Waals surface area contributed by atoms with E-state index in [0.717, 1.165) is 41.8 Å². The smallest absolute Gasteiger partial charge is 0.330 e. The van der Waals surface area contributed by atoms with Gasteiger partial charge in [0, 0.05) is 32.4 Å². The lowest BCUT2D eigenvalue weighted by molar-refractivity contribution is 0.0560. The van der Waals surface area contributed by atoms with Gasteiger partial charge in [0.25, 0.3) is 5.56 Å². The number of nitrogens with zero attached hydrogens (tertiary/aromatic N) is 3. The van der Waals surface area contributed by atoms with Crippen LogP contribution < -0.4 is 11.2 Å². The molecule has 1 unspecified atom stereocenters. The van der Waals surface area contributed by atoms with Gasteiger partial charge in [-0.25, -0.2) is 4.79 Å². The molecule has 0 bridgehead atoms. The molecule has 1 saturated heterocycles. The quantitative estimate of drug-likeness (QED) is 0.900. The summed E-state index contributed by atoms with van der Waals surface area (Å²) in [6.45, 7) is 2.27. The zero-order valence-electron chi connectivity index (χ0n) is 14.8. The molecule has 6 nitrogen and oxygen atoms in total. The number of piperidine rings is 1. The molecule has 1 atom stereocenters. The van der Waals surface area contributed by atoms with Gasteiger partial charge in [-0.05, 0) is 37.4 Å². The number of aliphatic hydroxyl groups is 1. The molecule has 1 N–H and O–H groups in total. The predicted octanol–water partition coefficient (Wildman–Crippen LogP) is 1.03. The van der Waals surface area contributed by atoms with Crippen LogP contribution in [0.25, 0.3) is 0 Å². The van der Waals surface area contributed by atoms with Gasteiger partial charge in [0.15, 0.2) is 0 Å². The average Bonchev–Trinajstić information content (AvgIpc) is 2.65. The van der Waals surface area contributed by atoms with Crippen molar-refractivity contribution in [3.8, 4) is 0 Å². The summed E-state index contributed by atoms with van der Waals surface area (Å²) in [5.41, 5.74) is 1.13. The van der Waals surface area contributed by atoms with Crippen molar-refractivity contribution in [1.82, 2.24) is 14.0 Å². The molecule has 0 aliphatic carbocycles. The topological polar surface area (TPSA) is 67.5 Å². The van der Waals surface area contributed by atoms with Gasteiger partial charge in [-0.1, -0.05) is 30.3 Å². The van der Waals surface area contributed by atoms with E-state index in [4.69, 9.17) is 0 Å². The molecule has 134 valence electrons. The molecule has 25 heavy (non-hydrogen) atoms. The van der Waals surface area contributed by atoms with E-state index in [9.17, 15) is 14.7 Å². The first-order valence-electron chi connectivity index (χ1n) is 8.68. The summed E-state index contributed by atoms with van der Waals surface area (Å²) in [4.78, 5) is 26.1. The first-order chi connectivity index (χ1) is 12.0. The Morgan fingerprint density at radius 3 is 2.36 bits per heavy atom. The number of hydrogen-bond donors (Lipinski definition) is 1. The number of hydrogen-bond acceptors (Lipinski definition) is 4. The second-order valence-corrected chi connectivity index (χ2v) is 6.84. The monoisotopic (exact) mass is 343 g/mol. The van der Waals surface area contributed by atoms with E-state index < -0.39 is 6.10 Å². The van der Waals surface area contributed by atoms with Crippen molar-refractivity contribution in [3.05, 3.63) is 68.5 Å². The van der Waals surface area contributed by atoms with Crippen LogP contribution in [-0.2, 0) is 20.6 Å². The minimum atomic E-state index is -0.434. The molecule has 0 spiro atoms. The van der Waals surface area contributed by atoms with E-state index in [0.29, 0.717) is 6.54 Å². The Bertz CT molecular complexity index is 833. The third-order valence-electron chi connectivity index (χ3n) is 5.23. The molecule has 1 aliphatic heterocycles. The van der Waals surface area contributed by atoms with E-state index in [1.54, 1.807) is 7.05 Å². The van der Waals surface area contributed by atoms with Gasteiger partial charge in [-0.3, -0.25) is 18.8 Å². The lowest BCUT2D eigenvalue weighted by Gasteiger charge is -2.34. The largest absolute Gasteiger partial charge is 0.388 e. The zero-order chi connectivity index (χ0) is 18.0. The van der Waals surface area contributed by atoms with Gasteiger partial charge >= 0.3 is 5.69 Å². The summed E-state index contributed by atoms with van der Waals surface area (Å²) in [6, 6.07) is 11.3. The Labute approximate surface area is 147 Å². The average molecular weight is 343 g/mol. The molecule has 0 radical (unpaired) electrons. The molecule has 1 aromatic carbocycles. The van der Waals surface area contributed by atoms with E-state index in [1.807, 2.05) is 30.3 Å². The van der Waals surface area contributed by atoms with Crippen LogP contribution >= 0.6 is 0 Å². The normalized spacial score (nSPS) is 17.6. The summed E-state index contributed by atoms with van der Waals surface area (Å²) in [5.74, 6) is 0.242. The van der Waals surface area contributed by atoms with Crippen LogP contribution in [0.15, 0.2) is 46.0 Å². The van der Waals surface area contributed by atoms with Gasteiger partial charge in [-0.15, -0.1) is 0 Å². The summed E-state index contributed by atoms with van der Waals surface area (Å²) < 4.78 is 2.65. The third-order valence-corrected chi connectivity index (χ3v) is 5.23. The van der Waals surface area contributed by atoms with Crippen molar-refractivity contribution >= 4 is 0 Å². The van der Waals surface area contributed by atoms with Gasteiger partial charge in [0.1, 0.15) is 0 Å². The highest BCUT2D eigenvalue weighted by molar-refractivity contribution is 5.18. The van der Waals surface area contributed by atoms with Crippen LogP contribution in [0, 0.1) is 5.92 Å². The van der Waals surface area contributed by atoms with Gasteiger partial charge in [0.05, 0.1) is 6.10 Å². The lowest BCUT2D eigenvalue weighted by Crippen LogP contribution is -2.41. The number of aliphatic hydroxyl groups excluding tert-OH is 1. The Morgan fingerprint density at radius 2 is 1.72 bits per heavy atom. The molecule has 1 fully saturated rings. The standard InChI is InChI=1S/C19H25N3O3/c1-20-16(12-17(23)21(2)19(20)25)13-22-10-8-15(9-11-22)18(24)14-6-4-3-5-7-14/h3-7,12,15,18,24H,8-11,13H2,1-2H3. The van der Waals surface area contributed by atoms with Crippen LogP contribution in [0.1, 0.15) is 30.2 Å². The Kier molecular flexibility index (Phi) is 5.20. The fraction of sp³-hybridized carbons (Fsp3) is 0.474. The van der Waals surface area contributed by atoms with Crippen molar-refractivity contribution in [3.63, 3.8) is 0 Å². The van der Waals surface area contributed by atoms with E-state index in [-0.39, 0.29) is 17.2 Å². The molecule has 6 heteroatoms. The van der Waals surface area contributed by atoms with Crippen LogP contribution in [0.2, 0.25) is 0 Å². The minimum Gasteiger partial charge on any atom is -0.388 e. The van der Waals surface area contributed by atoms with Crippen molar-refractivity contribution < 1.29 is 5.11 Å². The zero-order valence-corrected chi connectivity index (χ0v) is 14.8. The predicted molar refractivity (Wildman–Crippen MR) is 96.3 cm³/mol. The van der Waals surface area contributed by atoms with E-state index >= 15 is 0 Å². The van der Waals surface area contributed by atoms with Crippen LogP contribution in [-0.4, -0.2) is 32.2 Å². The second kappa shape index (κ2) is 7.37. The molecular weight excluding hydrogens is 318 g/mol. The summed E-state index contributed by atoms with van der Waals surface area (Å²) in [6.07, 6.45) is 1.36. The molecule has 1 aliphatic rings. The first-order valence-corrected chi connectivity index (χ1v) is 8.68. The number of benzene rings is 1. The van der Waals surface area contributed by atoms with Crippen LogP contribution in [0.5, 0.6) is 0 Å². The molecule has 3 rings (SSSR count). The summed E-state index contributed by atoms with van der Waals surface area (Å²) in [5, 5.41) is 10.6. The maximum absolute atomic E-state index is 12.0. The molecule has 2 aromatic rings. The van der Waals surface area contributed by atoms with Crippen molar-refractivity contribution in [1.29, 1.82) is 0 Å². The van der Waals surface area contributed by atoms with Gasteiger partial charge in [-0.2, -0.15) is 0 Å². The first kappa shape index (κ1) is 17.6. The maximum Gasteiger partial charge on any atom is 0.330 e. The van der Waals surface area contributed by atoms with Crippen molar-refractivity contribution in [2.45, 2.75) is 25.5 Å². The Hall–Kier alpha value is -2.18. The molecule has 0 saturated carbocycles. The fourth-order valence-electron chi connectivity index (χ4n) is 3.51. The van der Waals surface area contributed by atoms with E-state index in [2.05, 4.69) is 4.90 Å². The minimum absolute atomic E-state index is 0.242. The van der Waals surface area contributed by atoms with Gasteiger partial charge in [0.2, 0.25) is 0 Å². The summed E-state index contributed by atoms with van der Waals surface area (Å²) in [7, 11) is 3.19. The second-order valence-electron chi connectivity index (χ2n) is 6.84. The number of rotatable bonds is 4. The summed E-state index contributed by atoms with van der Waals surface area (Å²) >= 11 is 0. The van der Waals surface area contributed by atoms with Crippen LogP contribution in [0.3, 0.4) is 0 Å². The number of likely N-dealkylation sites (tertiary alicyclic amines) is 1. The highest BCUT2D eigenvalue weighted by Gasteiger charge is 2.26. The SMILES string of the molecule is Cn1c(CN2CCC(C(O)c3ccccc3)CC2)cc(=O)n(C)c1=O. The molecular formula is C19H25N3O3. The highest BCUT2D eigenvalue weighted by atomic mass is 16.3. The number of aromatic nitrogens is 2. The Balaban J connectivity index is 1.64.